The zero-order chi connectivity index (χ0) is 12.9. The molecule has 0 spiro atoms. The molecular formula is C11H20N2O2S2. The standard InChI is InChI=1S/C11H20N2O2S2/c1-9(2)4-3-5-13-17(14,15)11-6-10(7-12)8-16-11/h6,8-9,13H,3-5,7,12H2,1-2H3. The van der Waals surface area contributed by atoms with E-state index in [1.165, 1.54) is 11.3 Å². The summed E-state index contributed by atoms with van der Waals surface area (Å²) in [5.41, 5.74) is 6.31. The number of hydrogen-bond donors (Lipinski definition) is 2. The highest BCUT2D eigenvalue weighted by molar-refractivity contribution is 7.91. The van der Waals surface area contributed by atoms with Crippen LogP contribution in [0.15, 0.2) is 15.7 Å². The van der Waals surface area contributed by atoms with Crippen LogP contribution in [0.4, 0.5) is 0 Å². The average Bonchev–Trinajstić information content (AvgIpc) is 2.73. The normalized spacial score (nSPS) is 12.2. The Kier molecular flexibility index (Phi) is 5.58. The first-order valence-corrected chi connectivity index (χ1v) is 8.09. The molecule has 3 N–H and O–H groups in total. The minimum absolute atomic E-state index is 0.350. The monoisotopic (exact) mass is 276 g/mol. The lowest BCUT2D eigenvalue weighted by molar-refractivity contribution is 0.540. The third-order valence-electron chi connectivity index (χ3n) is 2.38. The summed E-state index contributed by atoms with van der Waals surface area (Å²) in [6.07, 6.45) is 1.90. The summed E-state index contributed by atoms with van der Waals surface area (Å²) in [7, 11) is -3.33. The highest BCUT2D eigenvalue weighted by Crippen LogP contribution is 2.19. The Balaban J connectivity index is 2.51. The molecular weight excluding hydrogens is 256 g/mol. The molecule has 0 aliphatic heterocycles. The zero-order valence-electron chi connectivity index (χ0n) is 10.3. The molecule has 0 aliphatic carbocycles. The topological polar surface area (TPSA) is 72.2 Å². The van der Waals surface area contributed by atoms with Gasteiger partial charge in [-0.2, -0.15) is 0 Å². The van der Waals surface area contributed by atoms with Gasteiger partial charge in [0.05, 0.1) is 0 Å². The molecule has 0 atom stereocenters. The van der Waals surface area contributed by atoms with E-state index in [2.05, 4.69) is 18.6 Å². The smallest absolute Gasteiger partial charge is 0.250 e. The van der Waals surface area contributed by atoms with E-state index < -0.39 is 10.0 Å². The van der Waals surface area contributed by atoms with Crippen LogP contribution in [0.1, 0.15) is 32.3 Å². The number of sulfonamides is 1. The first-order chi connectivity index (χ1) is 7.95. The molecule has 0 amide bonds. The van der Waals surface area contributed by atoms with Gasteiger partial charge in [-0.3, -0.25) is 0 Å². The second-order valence-corrected chi connectivity index (χ2v) is 7.32. The van der Waals surface area contributed by atoms with Crippen LogP contribution in [0, 0.1) is 5.92 Å². The molecule has 4 nitrogen and oxygen atoms in total. The third kappa shape index (κ3) is 4.75. The molecule has 0 radical (unpaired) electrons. The fraction of sp³-hybridized carbons (Fsp3) is 0.636. The van der Waals surface area contributed by atoms with Crippen molar-refractivity contribution in [1.82, 2.24) is 4.72 Å². The van der Waals surface area contributed by atoms with Gasteiger partial charge in [0.1, 0.15) is 4.21 Å². The molecule has 0 saturated carbocycles. The van der Waals surface area contributed by atoms with E-state index in [-0.39, 0.29) is 0 Å². The molecule has 0 aromatic carbocycles. The van der Waals surface area contributed by atoms with Crippen molar-refractivity contribution >= 4 is 21.4 Å². The number of hydrogen-bond acceptors (Lipinski definition) is 4. The SMILES string of the molecule is CC(C)CCCNS(=O)(=O)c1cc(CN)cs1. The van der Waals surface area contributed by atoms with Crippen LogP contribution in [0.25, 0.3) is 0 Å². The summed E-state index contributed by atoms with van der Waals surface area (Å²) >= 11 is 1.21. The van der Waals surface area contributed by atoms with Gasteiger partial charge < -0.3 is 5.73 Å². The predicted octanol–water partition coefficient (Wildman–Crippen LogP) is 1.92. The second kappa shape index (κ2) is 6.49. The Labute approximate surface area is 107 Å². The van der Waals surface area contributed by atoms with Crippen molar-refractivity contribution in [3.63, 3.8) is 0 Å². The molecule has 17 heavy (non-hydrogen) atoms. The first-order valence-electron chi connectivity index (χ1n) is 5.73. The summed E-state index contributed by atoms with van der Waals surface area (Å²) in [4.78, 5) is 0. The Morgan fingerprint density at radius 3 is 2.71 bits per heavy atom. The van der Waals surface area contributed by atoms with Gasteiger partial charge in [0.15, 0.2) is 0 Å². The van der Waals surface area contributed by atoms with Crippen LogP contribution in [0.5, 0.6) is 0 Å². The van der Waals surface area contributed by atoms with E-state index in [0.29, 0.717) is 23.2 Å². The molecule has 1 heterocycles. The quantitative estimate of drug-likeness (QED) is 0.747. The summed E-state index contributed by atoms with van der Waals surface area (Å²) in [6.45, 7) is 5.12. The molecule has 0 saturated heterocycles. The van der Waals surface area contributed by atoms with Crippen LogP contribution in [-0.2, 0) is 16.6 Å². The number of nitrogens with one attached hydrogen (secondary N) is 1. The van der Waals surface area contributed by atoms with Crippen molar-refractivity contribution in [2.75, 3.05) is 6.54 Å². The van der Waals surface area contributed by atoms with E-state index in [9.17, 15) is 8.42 Å². The van der Waals surface area contributed by atoms with Crippen molar-refractivity contribution in [2.24, 2.45) is 11.7 Å². The van der Waals surface area contributed by atoms with E-state index in [1.807, 2.05) is 0 Å². The third-order valence-corrected chi connectivity index (χ3v) is 5.33. The van der Waals surface area contributed by atoms with Crippen molar-refractivity contribution in [2.45, 2.75) is 37.4 Å². The molecule has 1 aromatic heterocycles. The maximum Gasteiger partial charge on any atom is 0.250 e. The molecule has 0 unspecified atom stereocenters. The Bertz CT molecular complexity index is 438. The lowest BCUT2D eigenvalue weighted by Gasteiger charge is -2.06. The van der Waals surface area contributed by atoms with Crippen LogP contribution in [0.3, 0.4) is 0 Å². The molecule has 6 heteroatoms. The largest absolute Gasteiger partial charge is 0.326 e. The molecule has 0 bridgehead atoms. The van der Waals surface area contributed by atoms with E-state index in [4.69, 9.17) is 5.73 Å². The Hall–Kier alpha value is -0.430. The van der Waals surface area contributed by atoms with Crippen LogP contribution in [0.2, 0.25) is 0 Å². The van der Waals surface area contributed by atoms with Gasteiger partial charge in [0.25, 0.3) is 0 Å². The van der Waals surface area contributed by atoms with Gasteiger partial charge in [-0.05, 0) is 35.8 Å². The zero-order valence-corrected chi connectivity index (χ0v) is 11.9. The highest BCUT2D eigenvalue weighted by atomic mass is 32.2. The summed E-state index contributed by atoms with van der Waals surface area (Å²) in [5, 5.41) is 1.78. The lowest BCUT2D eigenvalue weighted by Crippen LogP contribution is -2.24. The van der Waals surface area contributed by atoms with Gasteiger partial charge in [-0.15, -0.1) is 11.3 Å². The lowest BCUT2D eigenvalue weighted by atomic mass is 10.1. The number of nitrogens with two attached hydrogens (primary N) is 1. The molecule has 0 fully saturated rings. The average molecular weight is 276 g/mol. The van der Waals surface area contributed by atoms with Crippen LogP contribution < -0.4 is 10.5 Å². The Morgan fingerprint density at radius 2 is 2.18 bits per heavy atom. The molecule has 0 aliphatic rings. The fourth-order valence-corrected chi connectivity index (χ4v) is 3.73. The van der Waals surface area contributed by atoms with Crippen molar-refractivity contribution in [3.05, 3.63) is 17.0 Å². The first kappa shape index (κ1) is 14.6. The van der Waals surface area contributed by atoms with E-state index >= 15 is 0 Å². The van der Waals surface area contributed by atoms with Crippen molar-refractivity contribution in [1.29, 1.82) is 0 Å². The Morgan fingerprint density at radius 1 is 1.47 bits per heavy atom. The van der Waals surface area contributed by atoms with Crippen molar-refractivity contribution < 1.29 is 8.42 Å². The van der Waals surface area contributed by atoms with Gasteiger partial charge >= 0.3 is 0 Å². The molecule has 1 aromatic rings. The highest BCUT2D eigenvalue weighted by Gasteiger charge is 2.15. The van der Waals surface area contributed by atoms with Crippen LogP contribution in [-0.4, -0.2) is 15.0 Å². The van der Waals surface area contributed by atoms with Gasteiger partial charge in [-0.25, -0.2) is 13.1 Å². The van der Waals surface area contributed by atoms with E-state index in [0.717, 1.165) is 18.4 Å². The van der Waals surface area contributed by atoms with E-state index in [1.54, 1.807) is 11.4 Å². The molecule has 98 valence electrons. The van der Waals surface area contributed by atoms with Crippen LogP contribution >= 0.6 is 11.3 Å². The second-order valence-electron chi connectivity index (χ2n) is 4.41. The minimum Gasteiger partial charge on any atom is -0.326 e. The van der Waals surface area contributed by atoms with Gasteiger partial charge in [0, 0.05) is 13.1 Å². The summed E-state index contributed by atoms with van der Waals surface area (Å²) in [5.74, 6) is 0.602. The maximum atomic E-state index is 11.9. The van der Waals surface area contributed by atoms with Gasteiger partial charge in [0.2, 0.25) is 10.0 Å². The predicted molar refractivity (Wildman–Crippen MR) is 71.5 cm³/mol. The van der Waals surface area contributed by atoms with Gasteiger partial charge in [-0.1, -0.05) is 13.8 Å². The number of thiophene rings is 1. The number of rotatable bonds is 7. The van der Waals surface area contributed by atoms with Crippen molar-refractivity contribution in [3.8, 4) is 0 Å². The summed E-state index contributed by atoms with van der Waals surface area (Å²) in [6, 6.07) is 1.63. The minimum atomic E-state index is -3.33. The fourth-order valence-electron chi connectivity index (χ4n) is 1.39. The molecule has 1 rings (SSSR count). The summed E-state index contributed by atoms with van der Waals surface area (Å²) < 4.78 is 26.7. The maximum absolute atomic E-state index is 11.9.